The number of hydrogen-bond acceptors (Lipinski definition) is 5. The van der Waals surface area contributed by atoms with Gasteiger partial charge in [0.05, 0.1) is 18.6 Å². The molecule has 7 nitrogen and oxygen atoms in total. The summed E-state index contributed by atoms with van der Waals surface area (Å²) in [5.74, 6) is 0.629. The number of benzene rings is 2. The van der Waals surface area contributed by atoms with E-state index >= 15 is 0 Å². The molecule has 1 N–H and O–H groups in total. The molecule has 0 heterocycles. The molecule has 29 heavy (non-hydrogen) atoms. The summed E-state index contributed by atoms with van der Waals surface area (Å²) in [6.45, 7) is 0.445. The molecule has 2 aromatic rings. The lowest BCUT2D eigenvalue weighted by Crippen LogP contribution is -2.42. The lowest BCUT2D eigenvalue weighted by Gasteiger charge is -2.27. The Hall–Kier alpha value is -3.09. The molecule has 1 aliphatic carbocycles. The van der Waals surface area contributed by atoms with Crippen LogP contribution in [0.1, 0.15) is 37.7 Å². The van der Waals surface area contributed by atoms with Crippen molar-refractivity contribution in [1.29, 1.82) is 0 Å². The fraction of sp³-hybridized carbons (Fsp3) is 0.409. The molecule has 0 saturated heterocycles. The highest BCUT2D eigenvalue weighted by Crippen LogP contribution is 2.29. The number of hydrogen-bond donors (Lipinski definition) is 1. The van der Waals surface area contributed by atoms with Crippen LogP contribution in [0, 0.1) is 10.1 Å². The minimum Gasteiger partial charge on any atom is -0.497 e. The molecule has 0 bridgehead atoms. The predicted molar refractivity (Wildman–Crippen MR) is 112 cm³/mol. The van der Waals surface area contributed by atoms with Crippen molar-refractivity contribution in [2.45, 2.75) is 44.7 Å². The number of carbonyl (C=O) groups is 1. The summed E-state index contributed by atoms with van der Waals surface area (Å²) in [6.07, 6.45) is 5.47. The summed E-state index contributed by atoms with van der Waals surface area (Å²) < 4.78 is 5.19. The number of nitro benzene ring substituents is 1. The highest BCUT2D eigenvalue weighted by Gasteiger charge is 2.23. The first-order chi connectivity index (χ1) is 14.1. The third-order valence-electron chi connectivity index (χ3n) is 5.26. The number of nitrogens with one attached hydrogen (secondary N) is 1. The van der Waals surface area contributed by atoms with Crippen LogP contribution in [0.4, 0.5) is 11.4 Å². The van der Waals surface area contributed by atoms with Crippen LogP contribution in [-0.4, -0.2) is 30.5 Å². The summed E-state index contributed by atoms with van der Waals surface area (Å²) in [7, 11) is 1.60. The average Bonchev–Trinajstić information content (AvgIpc) is 2.74. The predicted octanol–water partition coefficient (Wildman–Crippen LogP) is 4.06. The van der Waals surface area contributed by atoms with Gasteiger partial charge in [-0.05, 0) is 36.6 Å². The van der Waals surface area contributed by atoms with E-state index in [0.29, 0.717) is 12.2 Å². The number of methoxy groups -OCH3 is 1. The fourth-order valence-electron chi connectivity index (χ4n) is 3.76. The van der Waals surface area contributed by atoms with Crippen LogP contribution >= 0.6 is 0 Å². The molecule has 2 aromatic carbocycles. The van der Waals surface area contributed by atoms with E-state index in [1.54, 1.807) is 30.2 Å². The molecule has 0 atom stereocenters. The van der Waals surface area contributed by atoms with Crippen molar-refractivity contribution in [3.05, 3.63) is 64.2 Å². The molecule has 0 unspecified atom stereocenters. The van der Waals surface area contributed by atoms with Gasteiger partial charge in [-0.1, -0.05) is 43.5 Å². The molecule has 154 valence electrons. The van der Waals surface area contributed by atoms with Crippen LogP contribution in [0.5, 0.6) is 5.75 Å². The monoisotopic (exact) mass is 397 g/mol. The van der Waals surface area contributed by atoms with E-state index in [-0.39, 0.29) is 24.2 Å². The van der Waals surface area contributed by atoms with E-state index in [1.165, 1.54) is 12.5 Å². The third-order valence-corrected chi connectivity index (χ3v) is 5.26. The standard InChI is InChI=1S/C22H27N3O4/c1-29-19-13-11-17(12-14-19)15-24(20-9-5-6-10-21(20)25(27)28)16-22(26)23-18-7-3-2-4-8-18/h5-6,9-14,18H,2-4,7-8,15-16H2,1H3,(H,23,26). The Labute approximate surface area is 170 Å². The van der Waals surface area contributed by atoms with Gasteiger partial charge in [-0.3, -0.25) is 14.9 Å². The van der Waals surface area contributed by atoms with Crippen molar-refractivity contribution in [1.82, 2.24) is 5.32 Å². The van der Waals surface area contributed by atoms with Gasteiger partial charge in [0, 0.05) is 18.7 Å². The SMILES string of the molecule is COc1ccc(CN(CC(=O)NC2CCCCC2)c2ccccc2[N+](=O)[O-])cc1. The van der Waals surface area contributed by atoms with Crippen molar-refractivity contribution in [3.63, 3.8) is 0 Å². The Kier molecular flexibility index (Phi) is 7.05. The third kappa shape index (κ3) is 5.70. The van der Waals surface area contributed by atoms with E-state index in [9.17, 15) is 14.9 Å². The first-order valence-corrected chi connectivity index (χ1v) is 9.97. The normalized spacial score (nSPS) is 14.2. The van der Waals surface area contributed by atoms with Gasteiger partial charge >= 0.3 is 0 Å². The van der Waals surface area contributed by atoms with Crippen molar-refractivity contribution >= 4 is 17.3 Å². The molecule has 1 saturated carbocycles. The molecule has 3 rings (SSSR count). The van der Waals surface area contributed by atoms with Crippen LogP contribution in [0.25, 0.3) is 0 Å². The average molecular weight is 397 g/mol. The molecular formula is C22H27N3O4. The maximum absolute atomic E-state index is 12.7. The second-order valence-corrected chi connectivity index (χ2v) is 7.35. The largest absolute Gasteiger partial charge is 0.497 e. The zero-order valence-corrected chi connectivity index (χ0v) is 16.7. The van der Waals surface area contributed by atoms with E-state index in [2.05, 4.69) is 5.32 Å². The van der Waals surface area contributed by atoms with Crippen LogP contribution in [0.2, 0.25) is 0 Å². The maximum Gasteiger partial charge on any atom is 0.292 e. The molecule has 1 aliphatic rings. The number of anilines is 1. The lowest BCUT2D eigenvalue weighted by atomic mass is 9.95. The van der Waals surface area contributed by atoms with Gasteiger partial charge in [0.1, 0.15) is 11.4 Å². The molecule has 7 heteroatoms. The Balaban J connectivity index is 1.80. The van der Waals surface area contributed by atoms with Crippen LogP contribution in [0.15, 0.2) is 48.5 Å². The van der Waals surface area contributed by atoms with Crippen molar-refractivity contribution in [2.24, 2.45) is 0 Å². The second-order valence-electron chi connectivity index (χ2n) is 7.35. The summed E-state index contributed by atoms with van der Waals surface area (Å²) in [6, 6.07) is 14.2. The molecule has 0 radical (unpaired) electrons. The topological polar surface area (TPSA) is 84.7 Å². The van der Waals surface area contributed by atoms with Gasteiger partial charge in [0.25, 0.3) is 5.69 Å². The quantitative estimate of drug-likeness (QED) is 0.536. The number of amides is 1. The highest BCUT2D eigenvalue weighted by molar-refractivity contribution is 5.82. The van der Waals surface area contributed by atoms with Crippen LogP contribution < -0.4 is 15.0 Å². The molecule has 1 amide bonds. The second kappa shape index (κ2) is 9.91. The smallest absolute Gasteiger partial charge is 0.292 e. The zero-order chi connectivity index (χ0) is 20.6. The van der Waals surface area contributed by atoms with Crippen molar-refractivity contribution in [3.8, 4) is 5.75 Å². The van der Waals surface area contributed by atoms with Crippen molar-refractivity contribution < 1.29 is 14.5 Å². The van der Waals surface area contributed by atoms with E-state index in [1.807, 2.05) is 24.3 Å². The number of para-hydroxylation sites is 2. The fourth-order valence-corrected chi connectivity index (χ4v) is 3.76. The Morgan fingerprint density at radius 3 is 2.48 bits per heavy atom. The van der Waals surface area contributed by atoms with E-state index in [4.69, 9.17) is 4.74 Å². The van der Waals surface area contributed by atoms with E-state index < -0.39 is 4.92 Å². The lowest BCUT2D eigenvalue weighted by molar-refractivity contribution is -0.384. The maximum atomic E-state index is 12.7. The van der Waals surface area contributed by atoms with Crippen LogP contribution in [0.3, 0.4) is 0 Å². The molecular weight excluding hydrogens is 370 g/mol. The van der Waals surface area contributed by atoms with Gasteiger partial charge in [-0.25, -0.2) is 0 Å². The summed E-state index contributed by atoms with van der Waals surface area (Å²) >= 11 is 0. The molecule has 0 aliphatic heterocycles. The van der Waals surface area contributed by atoms with Gasteiger partial charge in [0.15, 0.2) is 0 Å². The summed E-state index contributed by atoms with van der Waals surface area (Å²) in [5, 5.41) is 14.6. The minimum atomic E-state index is -0.407. The Morgan fingerprint density at radius 1 is 1.14 bits per heavy atom. The van der Waals surface area contributed by atoms with E-state index in [0.717, 1.165) is 37.0 Å². The van der Waals surface area contributed by atoms with Gasteiger partial charge in [0.2, 0.25) is 5.91 Å². The molecule has 0 spiro atoms. The molecule has 0 aromatic heterocycles. The minimum absolute atomic E-state index is 0.00789. The van der Waals surface area contributed by atoms with Crippen LogP contribution in [-0.2, 0) is 11.3 Å². The Morgan fingerprint density at radius 2 is 1.83 bits per heavy atom. The highest BCUT2D eigenvalue weighted by atomic mass is 16.6. The Bertz CT molecular complexity index is 832. The van der Waals surface area contributed by atoms with Gasteiger partial charge in [-0.15, -0.1) is 0 Å². The van der Waals surface area contributed by atoms with Gasteiger partial charge < -0.3 is 15.0 Å². The zero-order valence-electron chi connectivity index (χ0n) is 16.7. The first-order valence-electron chi connectivity index (χ1n) is 9.97. The number of nitrogens with zero attached hydrogens (tertiary/aromatic N) is 2. The van der Waals surface area contributed by atoms with Crippen molar-refractivity contribution in [2.75, 3.05) is 18.6 Å². The van der Waals surface area contributed by atoms with Gasteiger partial charge in [-0.2, -0.15) is 0 Å². The molecule has 1 fully saturated rings. The number of ether oxygens (including phenoxy) is 1. The summed E-state index contributed by atoms with van der Waals surface area (Å²) in [4.78, 5) is 25.6. The number of carbonyl (C=O) groups excluding carboxylic acids is 1. The first kappa shape index (κ1) is 20.6. The summed E-state index contributed by atoms with van der Waals surface area (Å²) in [5.41, 5.74) is 1.37. The number of rotatable bonds is 8. The number of nitro groups is 1.